The number of nitrogens with zero attached hydrogens (tertiary/aromatic N) is 2. The highest BCUT2D eigenvalue weighted by atomic mass is 19.1. The minimum atomic E-state index is -0.278. The summed E-state index contributed by atoms with van der Waals surface area (Å²) in [5.41, 5.74) is 6.44. The number of furan rings is 1. The molecule has 0 radical (unpaired) electrons. The van der Waals surface area contributed by atoms with Crippen LogP contribution in [-0.4, -0.2) is 29.6 Å². The number of rotatable bonds is 3. The number of hydrazone groups is 1. The molecule has 0 spiro atoms. The van der Waals surface area contributed by atoms with Gasteiger partial charge in [-0.05, 0) is 63.3 Å². The lowest BCUT2D eigenvalue weighted by molar-refractivity contribution is 0.0689. The number of nitrogens with one attached hydrogen (secondary N) is 1. The van der Waals surface area contributed by atoms with Crippen molar-refractivity contribution in [1.82, 2.24) is 4.90 Å². The van der Waals surface area contributed by atoms with Crippen molar-refractivity contribution in [2.24, 2.45) is 5.10 Å². The molecule has 0 atom stereocenters. The second-order valence-corrected chi connectivity index (χ2v) is 7.24. The van der Waals surface area contributed by atoms with E-state index in [2.05, 4.69) is 10.5 Å². The van der Waals surface area contributed by atoms with Gasteiger partial charge in [0.2, 0.25) is 0 Å². The Morgan fingerprint density at radius 2 is 1.85 bits per heavy atom. The van der Waals surface area contributed by atoms with Gasteiger partial charge in [0, 0.05) is 30.6 Å². The first-order chi connectivity index (χ1) is 13.1. The van der Waals surface area contributed by atoms with Crippen LogP contribution >= 0.6 is 0 Å². The van der Waals surface area contributed by atoms with Crippen molar-refractivity contribution >= 4 is 17.3 Å². The molecule has 142 valence electrons. The molecule has 2 heterocycles. The predicted molar refractivity (Wildman–Crippen MR) is 103 cm³/mol. The normalized spacial score (nSPS) is 18.4. The number of benzene rings is 1. The molecule has 1 fully saturated rings. The molecule has 1 aliphatic heterocycles. The lowest BCUT2D eigenvalue weighted by atomic mass is 9.93. The van der Waals surface area contributed by atoms with E-state index in [1.165, 1.54) is 18.6 Å². The van der Waals surface area contributed by atoms with Crippen LogP contribution in [0.15, 0.2) is 33.8 Å². The Morgan fingerprint density at radius 1 is 1.11 bits per heavy atom. The summed E-state index contributed by atoms with van der Waals surface area (Å²) in [6.07, 6.45) is 5.86. The summed E-state index contributed by atoms with van der Waals surface area (Å²) in [4.78, 5) is 14.8. The maximum atomic E-state index is 13.1. The third-order valence-electron chi connectivity index (χ3n) is 5.33. The van der Waals surface area contributed by atoms with E-state index in [0.717, 1.165) is 73.5 Å². The number of halogens is 1. The van der Waals surface area contributed by atoms with Gasteiger partial charge in [0.1, 0.15) is 11.6 Å². The van der Waals surface area contributed by atoms with E-state index < -0.39 is 0 Å². The molecule has 1 saturated heterocycles. The third kappa shape index (κ3) is 3.61. The van der Waals surface area contributed by atoms with Gasteiger partial charge in [-0.2, -0.15) is 5.10 Å². The number of hydrogen-bond donors (Lipinski definition) is 1. The van der Waals surface area contributed by atoms with Gasteiger partial charge in [-0.15, -0.1) is 0 Å². The zero-order chi connectivity index (χ0) is 18.8. The molecular weight excluding hydrogens is 345 g/mol. The molecule has 0 unspecified atom stereocenters. The molecule has 5 nitrogen and oxygen atoms in total. The molecular formula is C21H24FN3O2. The first-order valence-electron chi connectivity index (χ1n) is 9.63. The van der Waals surface area contributed by atoms with Crippen LogP contribution < -0.4 is 5.43 Å². The Kier molecular flexibility index (Phi) is 4.97. The van der Waals surface area contributed by atoms with Gasteiger partial charge in [0.25, 0.3) is 5.91 Å². The summed E-state index contributed by atoms with van der Waals surface area (Å²) >= 11 is 0. The van der Waals surface area contributed by atoms with Crippen molar-refractivity contribution in [3.05, 3.63) is 52.7 Å². The number of amides is 1. The third-order valence-corrected chi connectivity index (χ3v) is 5.33. The Balaban J connectivity index is 1.60. The highest BCUT2D eigenvalue weighted by Crippen LogP contribution is 2.31. The maximum absolute atomic E-state index is 13.1. The van der Waals surface area contributed by atoms with Gasteiger partial charge in [-0.25, -0.2) is 4.39 Å². The lowest BCUT2D eigenvalue weighted by Crippen LogP contribution is -2.35. The van der Waals surface area contributed by atoms with Gasteiger partial charge in [0.15, 0.2) is 5.76 Å². The number of likely N-dealkylation sites (tertiary alicyclic amines) is 1. The van der Waals surface area contributed by atoms with Crippen LogP contribution in [0, 0.1) is 12.7 Å². The van der Waals surface area contributed by atoms with E-state index >= 15 is 0 Å². The van der Waals surface area contributed by atoms with Crippen LogP contribution in [0.4, 0.5) is 10.1 Å². The second-order valence-electron chi connectivity index (χ2n) is 7.24. The molecule has 2 aromatic rings. The molecule has 6 heteroatoms. The zero-order valence-corrected chi connectivity index (χ0v) is 15.6. The maximum Gasteiger partial charge on any atom is 0.289 e. The largest absolute Gasteiger partial charge is 0.455 e. The molecule has 27 heavy (non-hydrogen) atoms. The topological polar surface area (TPSA) is 57.8 Å². The van der Waals surface area contributed by atoms with Gasteiger partial charge in [0.05, 0.1) is 11.4 Å². The highest BCUT2D eigenvalue weighted by molar-refractivity contribution is 6.06. The van der Waals surface area contributed by atoms with Crippen LogP contribution in [-0.2, 0) is 6.42 Å². The fourth-order valence-corrected chi connectivity index (χ4v) is 3.88. The minimum absolute atomic E-state index is 0.00700. The van der Waals surface area contributed by atoms with E-state index in [1.54, 1.807) is 12.1 Å². The van der Waals surface area contributed by atoms with Crippen molar-refractivity contribution in [1.29, 1.82) is 0 Å². The Hall–Kier alpha value is -2.63. The molecule has 0 saturated carbocycles. The second kappa shape index (κ2) is 7.55. The molecule has 2 aliphatic rings. The number of fused-ring (bicyclic) bond motifs is 1. The molecule has 1 N–H and O–H groups in total. The minimum Gasteiger partial charge on any atom is -0.455 e. The fraction of sp³-hybridized carbons (Fsp3) is 0.429. The van der Waals surface area contributed by atoms with E-state index in [0.29, 0.717) is 5.76 Å². The van der Waals surface area contributed by atoms with Crippen LogP contribution in [0.2, 0.25) is 0 Å². The number of carbonyl (C=O) groups is 1. The zero-order valence-electron chi connectivity index (χ0n) is 15.6. The van der Waals surface area contributed by atoms with Crippen molar-refractivity contribution < 1.29 is 13.6 Å². The van der Waals surface area contributed by atoms with Crippen LogP contribution in [0.25, 0.3) is 0 Å². The Labute approximate surface area is 158 Å². The number of piperidine rings is 1. The molecule has 4 rings (SSSR count). The molecule has 1 amide bonds. The molecule has 1 aromatic carbocycles. The summed E-state index contributed by atoms with van der Waals surface area (Å²) in [6, 6.07) is 6.09. The number of hydrogen-bond acceptors (Lipinski definition) is 4. The lowest BCUT2D eigenvalue weighted by Gasteiger charge is -2.25. The Morgan fingerprint density at radius 3 is 2.59 bits per heavy atom. The smallest absolute Gasteiger partial charge is 0.289 e. The summed E-state index contributed by atoms with van der Waals surface area (Å²) < 4.78 is 19.1. The van der Waals surface area contributed by atoms with Crippen molar-refractivity contribution in [3.63, 3.8) is 0 Å². The number of carbonyl (C=O) groups excluding carboxylic acids is 1. The van der Waals surface area contributed by atoms with Crippen molar-refractivity contribution in [2.75, 3.05) is 18.5 Å². The van der Waals surface area contributed by atoms with E-state index in [1.807, 2.05) is 11.8 Å². The monoisotopic (exact) mass is 369 g/mol. The average Bonchev–Trinajstić information content (AvgIpc) is 3.05. The van der Waals surface area contributed by atoms with Crippen LogP contribution in [0.1, 0.15) is 59.5 Å². The van der Waals surface area contributed by atoms with Gasteiger partial charge >= 0.3 is 0 Å². The van der Waals surface area contributed by atoms with Crippen LogP contribution in [0.3, 0.4) is 0 Å². The number of aryl methyl sites for hydroxylation is 1. The number of anilines is 1. The first-order valence-corrected chi connectivity index (χ1v) is 9.63. The van der Waals surface area contributed by atoms with Gasteiger partial charge in [-0.3, -0.25) is 10.2 Å². The van der Waals surface area contributed by atoms with Crippen molar-refractivity contribution in [2.45, 2.75) is 45.4 Å². The summed E-state index contributed by atoms with van der Waals surface area (Å²) in [5.74, 6) is 1.02. The van der Waals surface area contributed by atoms with E-state index in [9.17, 15) is 9.18 Å². The van der Waals surface area contributed by atoms with Gasteiger partial charge < -0.3 is 9.32 Å². The quantitative estimate of drug-likeness (QED) is 0.810. The fourth-order valence-electron chi connectivity index (χ4n) is 3.88. The average molecular weight is 369 g/mol. The molecule has 1 aliphatic carbocycles. The first kappa shape index (κ1) is 17.8. The summed E-state index contributed by atoms with van der Waals surface area (Å²) in [5, 5.41) is 4.53. The molecule has 0 bridgehead atoms. The predicted octanol–water partition coefficient (Wildman–Crippen LogP) is 4.51. The van der Waals surface area contributed by atoms with Crippen molar-refractivity contribution in [3.8, 4) is 0 Å². The van der Waals surface area contributed by atoms with Gasteiger partial charge in [-0.1, -0.05) is 0 Å². The van der Waals surface area contributed by atoms with E-state index in [-0.39, 0.29) is 11.7 Å². The Bertz CT molecular complexity index is 864. The van der Waals surface area contributed by atoms with E-state index in [4.69, 9.17) is 4.42 Å². The standard InChI is InChI=1S/C21H24FN3O2/c1-14-19-17(24-23-16-10-8-15(22)9-11-16)6-5-7-18(19)27-20(14)21(26)25-12-3-2-4-13-25/h8-11,23H,2-7,12-13H2,1H3/b24-17+. The summed E-state index contributed by atoms with van der Waals surface area (Å²) in [7, 11) is 0. The van der Waals surface area contributed by atoms with Crippen LogP contribution in [0.5, 0.6) is 0 Å². The SMILES string of the molecule is Cc1c(C(=O)N2CCCCC2)oc2c1/C(=N/Nc1ccc(F)cc1)CCC2. The highest BCUT2D eigenvalue weighted by Gasteiger charge is 2.30. The molecule has 1 aromatic heterocycles. The summed E-state index contributed by atoms with van der Waals surface area (Å²) in [6.45, 7) is 3.55.